The van der Waals surface area contributed by atoms with Gasteiger partial charge < -0.3 is 0 Å². The van der Waals surface area contributed by atoms with E-state index in [1.807, 2.05) is 6.08 Å². The predicted octanol–water partition coefficient (Wildman–Crippen LogP) is 2.84. The molecule has 0 saturated heterocycles. The Balaban J connectivity index is 1.96. The molecule has 0 fully saturated rings. The van der Waals surface area contributed by atoms with Gasteiger partial charge in [-0.15, -0.1) is 11.6 Å². The summed E-state index contributed by atoms with van der Waals surface area (Å²) in [6, 6.07) is 8.72. The SMILES string of the molecule is ClCC=CCN1CCc2ccccc2C1. The van der Waals surface area contributed by atoms with Crippen LogP contribution in [0.25, 0.3) is 0 Å². The summed E-state index contributed by atoms with van der Waals surface area (Å²) in [7, 11) is 0. The van der Waals surface area contributed by atoms with Gasteiger partial charge in [0.15, 0.2) is 0 Å². The Bertz CT molecular complexity index is 346. The monoisotopic (exact) mass is 221 g/mol. The van der Waals surface area contributed by atoms with E-state index in [1.54, 1.807) is 0 Å². The average molecular weight is 222 g/mol. The van der Waals surface area contributed by atoms with Crippen molar-refractivity contribution in [3.05, 3.63) is 47.5 Å². The molecule has 1 aromatic rings. The fourth-order valence-electron chi connectivity index (χ4n) is 2.00. The van der Waals surface area contributed by atoms with Crippen LogP contribution < -0.4 is 0 Å². The first kappa shape index (κ1) is 10.7. The summed E-state index contributed by atoms with van der Waals surface area (Å²) in [5.74, 6) is 0.616. The van der Waals surface area contributed by atoms with Crippen LogP contribution in [-0.4, -0.2) is 23.9 Å². The number of hydrogen-bond acceptors (Lipinski definition) is 1. The minimum atomic E-state index is 0.616. The lowest BCUT2D eigenvalue weighted by atomic mass is 10.00. The van der Waals surface area contributed by atoms with Crippen LogP contribution >= 0.6 is 11.6 Å². The Labute approximate surface area is 96.4 Å². The number of halogens is 1. The molecule has 80 valence electrons. The Morgan fingerprint density at radius 2 is 2.00 bits per heavy atom. The van der Waals surface area contributed by atoms with Gasteiger partial charge in [-0.3, -0.25) is 4.90 Å². The topological polar surface area (TPSA) is 3.24 Å². The van der Waals surface area contributed by atoms with E-state index in [2.05, 4.69) is 35.2 Å². The first-order valence-corrected chi connectivity index (χ1v) is 5.93. The lowest BCUT2D eigenvalue weighted by Crippen LogP contribution is -2.30. The maximum Gasteiger partial charge on any atom is 0.0404 e. The van der Waals surface area contributed by atoms with Crippen molar-refractivity contribution in [2.75, 3.05) is 19.0 Å². The summed E-state index contributed by atoms with van der Waals surface area (Å²) in [6.45, 7) is 3.24. The van der Waals surface area contributed by atoms with Crippen molar-refractivity contribution in [1.29, 1.82) is 0 Å². The minimum absolute atomic E-state index is 0.616. The van der Waals surface area contributed by atoms with E-state index in [1.165, 1.54) is 17.5 Å². The van der Waals surface area contributed by atoms with Crippen LogP contribution in [0.2, 0.25) is 0 Å². The smallest absolute Gasteiger partial charge is 0.0404 e. The van der Waals surface area contributed by atoms with Crippen LogP contribution in [0.3, 0.4) is 0 Å². The molecule has 1 nitrogen and oxygen atoms in total. The summed E-state index contributed by atoms with van der Waals surface area (Å²) in [4.78, 5) is 2.45. The molecule has 0 unspecified atom stereocenters. The van der Waals surface area contributed by atoms with E-state index in [9.17, 15) is 0 Å². The van der Waals surface area contributed by atoms with E-state index < -0.39 is 0 Å². The highest BCUT2D eigenvalue weighted by atomic mass is 35.5. The van der Waals surface area contributed by atoms with Crippen molar-refractivity contribution in [3.8, 4) is 0 Å². The van der Waals surface area contributed by atoms with E-state index >= 15 is 0 Å². The Morgan fingerprint density at radius 3 is 2.80 bits per heavy atom. The molecular weight excluding hydrogens is 206 g/mol. The van der Waals surface area contributed by atoms with E-state index in [0.29, 0.717) is 5.88 Å². The van der Waals surface area contributed by atoms with Gasteiger partial charge in [-0.2, -0.15) is 0 Å². The highest BCUT2D eigenvalue weighted by Gasteiger charge is 2.13. The second-order valence-electron chi connectivity index (χ2n) is 3.88. The third kappa shape index (κ3) is 2.83. The largest absolute Gasteiger partial charge is 0.295 e. The number of hydrogen-bond donors (Lipinski definition) is 0. The second kappa shape index (κ2) is 5.34. The Kier molecular flexibility index (Phi) is 3.81. The van der Waals surface area contributed by atoms with Gasteiger partial charge >= 0.3 is 0 Å². The van der Waals surface area contributed by atoms with Gasteiger partial charge in [0, 0.05) is 25.5 Å². The van der Waals surface area contributed by atoms with Crippen LogP contribution in [0, 0.1) is 0 Å². The molecule has 1 aliphatic rings. The molecule has 0 aromatic heterocycles. The molecule has 1 heterocycles. The van der Waals surface area contributed by atoms with Crippen LogP contribution in [0.1, 0.15) is 11.1 Å². The van der Waals surface area contributed by atoms with Gasteiger partial charge in [-0.1, -0.05) is 36.4 Å². The van der Waals surface area contributed by atoms with Gasteiger partial charge in [-0.25, -0.2) is 0 Å². The molecule has 0 atom stereocenters. The Hall–Kier alpha value is -0.790. The zero-order valence-electron chi connectivity index (χ0n) is 8.82. The molecular formula is C13H16ClN. The van der Waals surface area contributed by atoms with Crippen LogP contribution in [-0.2, 0) is 13.0 Å². The Morgan fingerprint density at radius 1 is 1.20 bits per heavy atom. The zero-order valence-corrected chi connectivity index (χ0v) is 9.58. The molecule has 0 saturated carbocycles. The van der Waals surface area contributed by atoms with Crippen LogP contribution in [0.4, 0.5) is 0 Å². The van der Waals surface area contributed by atoms with Crippen molar-refractivity contribution in [3.63, 3.8) is 0 Å². The molecule has 1 aromatic carbocycles. The number of rotatable bonds is 3. The van der Waals surface area contributed by atoms with Gasteiger partial charge in [-0.05, 0) is 17.5 Å². The number of benzene rings is 1. The minimum Gasteiger partial charge on any atom is -0.295 e. The third-order valence-corrected chi connectivity index (χ3v) is 3.01. The van der Waals surface area contributed by atoms with Crippen LogP contribution in [0.15, 0.2) is 36.4 Å². The fourth-order valence-corrected chi connectivity index (χ4v) is 2.12. The maximum absolute atomic E-state index is 5.59. The summed E-state index contributed by atoms with van der Waals surface area (Å²) in [5.41, 5.74) is 2.98. The van der Waals surface area contributed by atoms with Crippen molar-refractivity contribution in [1.82, 2.24) is 4.90 Å². The molecule has 15 heavy (non-hydrogen) atoms. The molecule has 2 rings (SSSR count). The van der Waals surface area contributed by atoms with Gasteiger partial charge in [0.2, 0.25) is 0 Å². The van der Waals surface area contributed by atoms with Crippen molar-refractivity contribution in [2.24, 2.45) is 0 Å². The number of nitrogens with zero attached hydrogens (tertiary/aromatic N) is 1. The van der Waals surface area contributed by atoms with E-state index in [4.69, 9.17) is 11.6 Å². The highest BCUT2D eigenvalue weighted by molar-refractivity contribution is 6.18. The summed E-state index contributed by atoms with van der Waals surface area (Å²) in [5, 5.41) is 0. The third-order valence-electron chi connectivity index (χ3n) is 2.83. The average Bonchev–Trinajstić information content (AvgIpc) is 2.29. The van der Waals surface area contributed by atoms with Gasteiger partial charge in [0.25, 0.3) is 0 Å². The molecule has 1 aliphatic heterocycles. The van der Waals surface area contributed by atoms with Crippen molar-refractivity contribution >= 4 is 11.6 Å². The van der Waals surface area contributed by atoms with Gasteiger partial charge in [0.05, 0.1) is 0 Å². The number of allylic oxidation sites excluding steroid dienone is 1. The number of fused-ring (bicyclic) bond motifs is 1. The van der Waals surface area contributed by atoms with E-state index in [0.717, 1.165) is 19.6 Å². The molecule has 0 bridgehead atoms. The highest BCUT2D eigenvalue weighted by Crippen LogP contribution is 2.17. The molecule has 0 N–H and O–H groups in total. The summed E-state index contributed by atoms with van der Waals surface area (Å²) < 4.78 is 0. The summed E-state index contributed by atoms with van der Waals surface area (Å²) >= 11 is 5.59. The first-order chi connectivity index (χ1) is 7.40. The van der Waals surface area contributed by atoms with Crippen molar-refractivity contribution < 1.29 is 0 Å². The first-order valence-electron chi connectivity index (χ1n) is 5.40. The van der Waals surface area contributed by atoms with Crippen molar-refractivity contribution in [2.45, 2.75) is 13.0 Å². The molecule has 0 spiro atoms. The normalized spacial score (nSPS) is 16.9. The standard InChI is InChI=1S/C13H16ClN/c14-8-3-4-9-15-10-7-12-5-1-2-6-13(12)11-15/h1-6H,7-11H2. The maximum atomic E-state index is 5.59. The molecule has 2 heteroatoms. The second-order valence-corrected chi connectivity index (χ2v) is 4.19. The predicted molar refractivity (Wildman–Crippen MR) is 65.3 cm³/mol. The number of alkyl halides is 1. The zero-order chi connectivity index (χ0) is 10.5. The molecule has 0 amide bonds. The lowest BCUT2D eigenvalue weighted by molar-refractivity contribution is 0.282. The molecule has 0 aliphatic carbocycles. The van der Waals surface area contributed by atoms with E-state index in [-0.39, 0.29) is 0 Å². The quantitative estimate of drug-likeness (QED) is 0.561. The summed E-state index contributed by atoms with van der Waals surface area (Å²) in [6.07, 6.45) is 5.34. The lowest BCUT2D eigenvalue weighted by Gasteiger charge is -2.27. The van der Waals surface area contributed by atoms with Gasteiger partial charge in [0.1, 0.15) is 0 Å². The van der Waals surface area contributed by atoms with Crippen LogP contribution in [0.5, 0.6) is 0 Å². The molecule has 0 radical (unpaired) electrons. The fraction of sp³-hybridized carbons (Fsp3) is 0.385.